The van der Waals surface area contributed by atoms with E-state index in [0.717, 1.165) is 0 Å². The van der Waals surface area contributed by atoms with Gasteiger partial charge in [-0.05, 0) is 36.4 Å². The summed E-state index contributed by atoms with van der Waals surface area (Å²) >= 11 is 0. The number of nitrogens with one attached hydrogen (secondary N) is 2. The number of ether oxygens (including phenoxy) is 1. The average molecular weight is 398 g/mol. The van der Waals surface area contributed by atoms with Crippen molar-refractivity contribution < 1.29 is 9.53 Å². The summed E-state index contributed by atoms with van der Waals surface area (Å²) in [5.41, 5.74) is 6.44. The maximum atomic E-state index is 12.3. The lowest BCUT2D eigenvalue weighted by atomic mass is 10.2. The number of nitrogens with zero attached hydrogens (tertiary/aromatic N) is 6. The van der Waals surface area contributed by atoms with Crippen LogP contribution in [0.1, 0.15) is 10.4 Å². The average Bonchev–Trinajstić information content (AvgIpc) is 3.21. The van der Waals surface area contributed by atoms with E-state index in [1.807, 2.05) is 24.3 Å². The lowest BCUT2D eigenvalue weighted by Gasteiger charge is -2.10. The number of pyridine rings is 2. The Balaban J connectivity index is 1.49. The molecule has 0 unspecified atom stereocenters. The molecule has 0 saturated heterocycles. The summed E-state index contributed by atoms with van der Waals surface area (Å²) in [5, 5.41) is 5.01. The van der Waals surface area contributed by atoms with Crippen molar-refractivity contribution in [3.63, 3.8) is 0 Å². The molecule has 0 radical (unpaired) electrons. The summed E-state index contributed by atoms with van der Waals surface area (Å²) in [7, 11) is 0. The number of hydrogen-bond acceptors (Lipinski definition) is 8. The second kappa shape index (κ2) is 7.43. The van der Waals surface area contributed by atoms with Gasteiger partial charge in [-0.3, -0.25) is 20.6 Å². The minimum atomic E-state index is -0.328. The number of hydrogen-bond donors (Lipinski definition) is 2. The molecule has 0 saturated carbocycles. The highest BCUT2D eigenvalue weighted by atomic mass is 16.5. The molecule has 10 heteroatoms. The lowest BCUT2D eigenvalue weighted by molar-refractivity contribution is 0.0962. The van der Waals surface area contributed by atoms with Gasteiger partial charge in [0.05, 0.1) is 5.39 Å². The second-order valence-electron chi connectivity index (χ2n) is 6.17. The first-order valence-corrected chi connectivity index (χ1v) is 8.99. The van der Waals surface area contributed by atoms with Gasteiger partial charge in [-0.1, -0.05) is 18.2 Å². The van der Waals surface area contributed by atoms with Gasteiger partial charge in [0, 0.05) is 24.2 Å². The van der Waals surface area contributed by atoms with Crippen molar-refractivity contribution in [1.29, 1.82) is 0 Å². The molecule has 5 rings (SSSR count). The molecule has 30 heavy (non-hydrogen) atoms. The van der Waals surface area contributed by atoms with Crippen molar-refractivity contribution in [1.82, 2.24) is 35.0 Å². The van der Waals surface area contributed by atoms with E-state index in [4.69, 9.17) is 4.74 Å². The van der Waals surface area contributed by atoms with Crippen molar-refractivity contribution in [2.75, 3.05) is 5.43 Å². The minimum Gasteiger partial charge on any atom is -0.423 e. The highest BCUT2D eigenvalue weighted by Crippen LogP contribution is 2.23. The van der Waals surface area contributed by atoms with Crippen LogP contribution in [0.2, 0.25) is 0 Å². The van der Waals surface area contributed by atoms with Crippen LogP contribution in [-0.4, -0.2) is 35.5 Å². The molecule has 0 aliphatic heterocycles. The Bertz CT molecular complexity index is 1340. The molecule has 0 aliphatic rings. The monoisotopic (exact) mass is 398 g/mol. The molecule has 146 valence electrons. The largest absolute Gasteiger partial charge is 0.423 e. The molecule has 4 aromatic heterocycles. The summed E-state index contributed by atoms with van der Waals surface area (Å²) in [6.07, 6.45) is 4.73. The Morgan fingerprint density at radius 3 is 2.60 bits per heavy atom. The summed E-state index contributed by atoms with van der Waals surface area (Å²) in [6, 6.07) is 16.1. The molecule has 4 heterocycles. The van der Waals surface area contributed by atoms with Crippen LogP contribution in [-0.2, 0) is 0 Å². The van der Waals surface area contributed by atoms with Gasteiger partial charge in [0.25, 0.3) is 11.7 Å². The number of aromatic nitrogens is 6. The van der Waals surface area contributed by atoms with Crippen LogP contribution >= 0.6 is 0 Å². The number of hydrazine groups is 1. The molecule has 10 nitrogen and oxygen atoms in total. The first-order chi connectivity index (χ1) is 14.8. The van der Waals surface area contributed by atoms with Gasteiger partial charge in [0.15, 0.2) is 11.5 Å². The van der Waals surface area contributed by atoms with Crippen LogP contribution in [0.4, 0.5) is 5.82 Å². The van der Waals surface area contributed by atoms with E-state index in [1.54, 1.807) is 48.9 Å². The zero-order valence-corrected chi connectivity index (χ0v) is 15.4. The van der Waals surface area contributed by atoms with Gasteiger partial charge >= 0.3 is 6.01 Å². The zero-order valence-electron chi connectivity index (χ0n) is 15.4. The second-order valence-corrected chi connectivity index (χ2v) is 6.17. The van der Waals surface area contributed by atoms with Crippen LogP contribution in [0, 0.1) is 0 Å². The Morgan fingerprint density at radius 1 is 0.933 bits per heavy atom. The van der Waals surface area contributed by atoms with E-state index in [2.05, 4.69) is 35.9 Å². The first kappa shape index (κ1) is 17.5. The van der Waals surface area contributed by atoms with Crippen LogP contribution < -0.4 is 15.6 Å². The van der Waals surface area contributed by atoms with E-state index in [9.17, 15) is 4.79 Å². The number of carbonyl (C=O) groups is 1. The number of rotatable bonds is 5. The lowest BCUT2D eigenvalue weighted by Crippen LogP contribution is -2.30. The van der Waals surface area contributed by atoms with Gasteiger partial charge in [0.2, 0.25) is 0 Å². The SMILES string of the molecule is O=C(NNc1nc2nc(Oc3ccccc3)nn2c2ncccc12)c1ccncc1. The van der Waals surface area contributed by atoms with Crippen molar-refractivity contribution >= 4 is 28.5 Å². The Kier molecular flexibility index (Phi) is 4.33. The van der Waals surface area contributed by atoms with Gasteiger partial charge in [-0.2, -0.15) is 14.5 Å². The smallest absolute Gasteiger partial charge is 0.343 e. The van der Waals surface area contributed by atoms with Crippen LogP contribution in [0.5, 0.6) is 11.8 Å². The zero-order chi connectivity index (χ0) is 20.3. The van der Waals surface area contributed by atoms with Gasteiger partial charge < -0.3 is 4.74 Å². The van der Waals surface area contributed by atoms with E-state index < -0.39 is 0 Å². The quantitative estimate of drug-likeness (QED) is 0.434. The molecule has 2 N–H and O–H groups in total. The minimum absolute atomic E-state index is 0.138. The Morgan fingerprint density at radius 2 is 1.77 bits per heavy atom. The predicted molar refractivity (Wildman–Crippen MR) is 108 cm³/mol. The number of para-hydroxylation sites is 1. The number of fused-ring (bicyclic) bond motifs is 3. The molecule has 0 fully saturated rings. The van der Waals surface area contributed by atoms with Crippen molar-refractivity contribution in [2.45, 2.75) is 0 Å². The molecule has 1 amide bonds. The van der Waals surface area contributed by atoms with Gasteiger partial charge in [0.1, 0.15) is 5.75 Å². The fourth-order valence-electron chi connectivity index (χ4n) is 2.83. The van der Waals surface area contributed by atoms with Gasteiger partial charge in [-0.15, -0.1) is 5.10 Å². The van der Waals surface area contributed by atoms with Crippen LogP contribution in [0.3, 0.4) is 0 Å². The fourth-order valence-corrected chi connectivity index (χ4v) is 2.83. The van der Waals surface area contributed by atoms with Crippen LogP contribution in [0.15, 0.2) is 73.2 Å². The number of carbonyl (C=O) groups excluding carboxylic acids is 1. The summed E-state index contributed by atoms with van der Waals surface area (Å²) in [4.78, 5) is 29.4. The number of anilines is 1. The fraction of sp³-hybridized carbons (Fsp3) is 0. The third-order valence-electron chi connectivity index (χ3n) is 4.21. The summed E-state index contributed by atoms with van der Waals surface area (Å²) < 4.78 is 7.19. The van der Waals surface area contributed by atoms with Gasteiger partial charge in [-0.25, -0.2) is 4.98 Å². The molecule has 5 aromatic rings. The highest BCUT2D eigenvalue weighted by molar-refractivity contribution is 5.96. The van der Waals surface area contributed by atoms with E-state index in [1.165, 1.54) is 4.52 Å². The molecule has 1 aromatic carbocycles. The molecular weight excluding hydrogens is 384 g/mol. The molecule has 0 bridgehead atoms. The third-order valence-corrected chi connectivity index (χ3v) is 4.21. The maximum Gasteiger partial charge on any atom is 0.343 e. The van der Waals surface area contributed by atoms with E-state index in [0.29, 0.717) is 28.2 Å². The topological polar surface area (TPSA) is 119 Å². The first-order valence-electron chi connectivity index (χ1n) is 8.99. The number of amides is 1. The van der Waals surface area contributed by atoms with Crippen LogP contribution in [0.25, 0.3) is 16.8 Å². The highest BCUT2D eigenvalue weighted by Gasteiger charge is 2.15. The molecule has 0 spiro atoms. The van der Waals surface area contributed by atoms with Crippen molar-refractivity contribution in [3.8, 4) is 11.8 Å². The normalized spacial score (nSPS) is 10.8. The summed E-state index contributed by atoms with van der Waals surface area (Å²) in [6.45, 7) is 0. The Hall–Kier alpha value is -4.60. The number of benzene rings is 1. The third kappa shape index (κ3) is 3.33. The van der Waals surface area contributed by atoms with Crippen molar-refractivity contribution in [3.05, 3.63) is 78.8 Å². The molecule has 0 atom stereocenters. The molecule has 0 aliphatic carbocycles. The summed E-state index contributed by atoms with van der Waals surface area (Å²) in [5.74, 6) is 0.929. The Labute approximate surface area is 169 Å². The van der Waals surface area contributed by atoms with E-state index >= 15 is 0 Å². The standard InChI is InChI=1S/C20H14N8O2/c29-18(13-8-11-21-12-9-13)26-25-16-15-7-4-10-22-17(15)28-19(23-16)24-20(27-28)30-14-5-2-1-3-6-14/h1-12H,(H,26,29)(H,23,24,25,27). The van der Waals surface area contributed by atoms with E-state index in [-0.39, 0.29) is 17.7 Å². The maximum absolute atomic E-state index is 12.3. The molecular formula is C20H14N8O2. The van der Waals surface area contributed by atoms with Crippen molar-refractivity contribution in [2.24, 2.45) is 0 Å². The predicted octanol–water partition coefficient (Wildman–Crippen LogP) is 2.62.